The Hall–Kier alpha value is -0.780. The Balaban J connectivity index is 0.00000200. The van der Waals surface area contributed by atoms with Crippen LogP contribution in [0, 0.1) is 0 Å². The number of hydrogen-bond donors (Lipinski definition) is 2. The standard InChI is InChI=1S/C14H19BrN2O2.ClH/c1-10-13(6-3-7-16-10)17-14(18)9-19-12-5-2-4-11(15)8-12;/h2,4-5,8,10,13,16H,3,6-7,9H2,1H3,(H,17,18);1H. The molecule has 0 aromatic heterocycles. The van der Waals surface area contributed by atoms with Crippen LogP contribution in [0.2, 0.25) is 0 Å². The predicted octanol–water partition coefficient (Wildman–Crippen LogP) is 2.51. The van der Waals surface area contributed by atoms with Gasteiger partial charge in [-0.2, -0.15) is 0 Å². The maximum Gasteiger partial charge on any atom is 0.258 e. The Kier molecular flexibility index (Phi) is 7.34. The lowest BCUT2D eigenvalue weighted by Gasteiger charge is -2.30. The van der Waals surface area contributed by atoms with Crippen LogP contribution in [0.4, 0.5) is 0 Å². The molecule has 20 heavy (non-hydrogen) atoms. The lowest BCUT2D eigenvalue weighted by Crippen LogP contribution is -2.52. The summed E-state index contributed by atoms with van der Waals surface area (Å²) < 4.78 is 6.40. The van der Waals surface area contributed by atoms with Crippen LogP contribution in [0.1, 0.15) is 19.8 Å². The maximum atomic E-state index is 11.8. The summed E-state index contributed by atoms with van der Waals surface area (Å²) in [6.07, 6.45) is 2.12. The van der Waals surface area contributed by atoms with Crippen molar-refractivity contribution in [2.24, 2.45) is 0 Å². The van der Waals surface area contributed by atoms with E-state index in [2.05, 4.69) is 33.5 Å². The molecule has 2 unspecified atom stereocenters. The van der Waals surface area contributed by atoms with Gasteiger partial charge in [0, 0.05) is 16.6 Å². The van der Waals surface area contributed by atoms with Gasteiger partial charge in [-0.15, -0.1) is 12.4 Å². The van der Waals surface area contributed by atoms with E-state index in [0.29, 0.717) is 11.8 Å². The molecule has 1 aliphatic heterocycles. The lowest BCUT2D eigenvalue weighted by atomic mass is 10.00. The summed E-state index contributed by atoms with van der Waals surface area (Å²) in [5.41, 5.74) is 0. The Bertz CT molecular complexity index is 445. The molecular formula is C14H20BrClN2O2. The second kappa shape index (κ2) is 8.49. The second-order valence-corrected chi connectivity index (χ2v) is 5.72. The number of carbonyl (C=O) groups excluding carboxylic acids is 1. The molecule has 0 spiro atoms. The summed E-state index contributed by atoms with van der Waals surface area (Å²) in [6.45, 7) is 3.18. The number of nitrogens with one attached hydrogen (secondary N) is 2. The summed E-state index contributed by atoms with van der Waals surface area (Å²) in [5, 5.41) is 6.37. The molecule has 0 saturated carbocycles. The van der Waals surface area contributed by atoms with E-state index in [1.165, 1.54) is 0 Å². The molecule has 2 N–H and O–H groups in total. The van der Waals surface area contributed by atoms with E-state index in [1.807, 2.05) is 24.3 Å². The van der Waals surface area contributed by atoms with Gasteiger partial charge in [-0.1, -0.05) is 22.0 Å². The highest BCUT2D eigenvalue weighted by molar-refractivity contribution is 9.10. The summed E-state index contributed by atoms with van der Waals surface area (Å²) >= 11 is 3.37. The molecule has 0 radical (unpaired) electrons. The van der Waals surface area contributed by atoms with Gasteiger partial charge in [-0.05, 0) is 44.5 Å². The average Bonchev–Trinajstić information content (AvgIpc) is 2.39. The topological polar surface area (TPSA) is 50.4 Å². The van der Waals surface area contributed by atoms with Gasteiger partial charge in [0.1, 0.15) is 5.75 Å². The van der Waals surface area contributed by atoms with Gasteiger partial charge >= 0.3 is 0 Å². The van der Waals surface area contributed by atoms with Crippen molar-refractivity contribution in [3.63, 3.8) is 0 Å². The first-order chi connectivity index (χ1) is 9.15. The highest BCUT2D eigenvalue weighted by Crippen LogP contribution is 2.17. The van der Waals surface area contributed by atoms with Crippen molar-refractivity contribution in [3.05, 3.63) is 28.7 Å². The molecule has 1 saturated heterocycles. The fourth-order valence-corrected chi connectivity index (χ4v) is 2.57. The molecule has 112 valence electrons. The van der Waals surface area contributed by atoms with Crippen LogP contribution < -0.4 is 15.4 Å². The lowest BCUT2D eigenvalue weighted by molar-refractivity contribution is -0.124. The van der Waals surface area contributed by atoms with E-state index in [-0.39, 0.29) is 31.0 Å². The van der Waals surface area contributed by atoms with Crippen LogP contribution in [0.5, 0.6) is 5.75 Å². The minimum Gasteiger partial charge on any atom is -0.484 e. The number of rotatable bonds is 4. The van der Waals surface area contributed by atoms with Gasteiger partial charge in [-0.25, -0.2) is 0 Å². The molecule has 2 rings (SSSR count). The van der Waals surface area contributed by atoms with Gasteiger partial charge in [0.2, 0.25) is 0 Å². The second-order valence-electron chi connectivity index (χ2n) is 4.81. The molecule has 1 aromatic carbocycles. The van der Waals surface area contributed by atoms with Crippen LogP contribution >= 0.6 is 28.3 Å². The van der Waals surface area contributed by atoms with E-state index < -0.39 is 0 Å². The Morgan fingerprint density at radius 2 is 2.35 bits per heavy atom. The van der Waals surface area contributed by atoms with Crippen molar-refractivity contribution in [1.82, 2.24) is 10.6 Å². The number of hydrogen-bond acceptors (Lipinski definition) is 3. The first-order valence-electron chi connectivity index (χ1n) is 6.56. The molecule has 1 amide bonds. The summed E-state index contributed by atoms with van der Waals surface area (Å²) in [6, 6.07) is 8.00. The minimum atomic E-state index is -0.0690. The van der Waals surface area contributed by atoms with E-state index in [9.17, 15) is 4.79 Å². The van der Waals surface area contributed by atoms with Gasteiger partial charge in [0.15, 0.2) is 6.61 Å². The molecule has 6 heteroatoms. The first-order valence-corrected chi connectivity index (χ1v) is 7.35. The fraction of sp³-hybridized carbons (Fsp3) is 0.500. The van der Waals surface area contributed by atoms with Crippen molar-refractivity contribution in [2.45, 2.75) is 31.8 Å². The van der Waals surface area contributed by atoms with Crippen molar-refractivity contribution < 1.29 is 9.53 Å². The summed E-state index contributed by atoms with van der Waals surface area (Å²) in [7, 11) is 0. The summed E-state index contributed by atoms with van der Waals surface area (Å²) in [4.78, 5) is 11.8. The number of piperidine rings is 1. The van der Waals surface area contributed by atoms with Crippen molar-refractivity contribution >= 4 is 34.2 Å². The van der Waals surface area contributed by atoms with Gasteiger partial charge in [0.25, 0.3) is 5.91 Å². The van der Waals surface area contributed by atoms with Gasteiger partial charge < -0.3 is 15.4 Å². The van der Waals surface area contributed by atoms with Crippen LogP contribution in [0.3, 0.4) is 0 Å². The fourth-order valence-electron chi connectivity index (χ4n) is 2.20. The van der Waals surface area contributed by atoms with E-state index in [0.717, 1.165) is 23.9 Å². The molecule has 1 aliphatic rings. The minimum absolute atomic E-state index is 0. The highest BCUT2D eigenvalue weighted by atomic mass is 79.9. The smallest absolute Gasteiger partial charge is 0.258 e. The number of benzene rings is 1. The van der Waals surface area contributed by atoms with E-state index in [4.69, 9.17) is 4.74 Å². The molecular weight excluding hydrogens is 344 g/mol. The maximum absolute atomic E-state index is 11.8. The van der Waals surface area contributed by atoms with Crippen LogP contribution in [0.15, 0.2) is 28.7 Å². The Labute approximate surface area is 134 Å². The molecule has 0 aliphatic carbocycles. The number of carbonyl (C=O) groups is 1. The van der Waals surface area contributed by atoms with Gasteiger partial charge in [-0.3, -0.25) is 4.79 Å². The zero-order chi connectivity index (χ0) is 13.7. The Morgan fingerprint density at radius 3 is 3.05 bits per heavy atom. The molecule has 1 aromatic rings. The first kappa shape index (κ1) is 17.3. The van der Waals surface area contributed by atoms with Crippen LogP contribution in [-0.4, -0.2) is 31.1 Å². The zero-order valence-corrected chi connectivity index (χ0v) is 13.8. The predicted molar refractivity (Wildman–Crippen MR) is 85.5 cm³/mol. The quantitative estimate of drug-likeness (QED) is 0.864. The van der Waals surface area contributed by atoms with E-state index in [1.54, 1.807) is 0 Å². The molecule has 1 heterocycles. The van der Waals surface area contributed by atoms with Gasteiger partial charge in [0.05, 0.1) is 0 Å². The third kappa shape index (κ3) is 5.31. The average molecular weight is 364 g/mol. The number of ether oxygens (including phenoxy) is 1. The van der Waals surface area contributed by atoms with Crippen molar-refractivity contribution in [1.29, 1.82) is 0 Å². The number of amides is 1. The van der Waals surface area contributed by atoms with Crippen LogP contribution in [0.25, 0.3) is 0 Å². The molecule has 2 atom stereocenters. The van der Waals surface area contributed by atoms with Crippen LogP contribution in [-0.2, 0) is 4.79 Å². The SMILES string of the molecule is CC1NCCCC1NC(=O)COc1cccc(Br)c1.Cl. The van der Waals surface area contributed by atoms with Crippen molar-refractivity contribution in [3.8, 4) is 5.75 Å². The summed E-state index contributed by atoms with van der Waals surface area (Å²) in [5.74, 6) is 0.625. The molecule has 4 nitrogen and oxygen atoms in total. The molecule has 0 bridgehead atoms. The zero-order valence-electron chi connectivity index (χ0n) is 11.4. The van der Waals surface area contributed by atoms with Crippen molar-refractivity contribution in [2.75, 3.05) is 13.2 Å². The monoisotopic (exact) mass is 362 g/mol. The normalized spacial score (nSPS) is 21.7. The Morgan fingerprint density at radius 1 is 1.55 bits per heavy atom. The third-order valence-electron chi connectivity index (χ3n) is 3.27. The highest BCUT2D eigenvalue weighted by Gasteiger charge is 2.22. The number of halogens is 2. The largest absolute Gasteiger partial charge is 0.484 e. The molecule has 1 fully saturated rings. The third-order valence-corrected chi connectivity index (χ3v) is 3.77. The van der Waals surface area contributed by atoms with E-state index >= 15 is 0 Å².